The van der Waals surface area contributed by atoms with Crippen LogP contribution >= 0.6 is 0 Å². The summed E-state index contributed by atoms with van der Waals surface area (Å²) in [4.78, 5) is 11.3. The van der Waals surface area contributed by atoms with Gasteiger partial charge in [-0.2, -0.15) is 5.26 Å². The molecule has 1 heterocycles. The van der Waals surface area contributed by atoms with Gasteiger partial charge in [0.1, 0.15) is 5.76 Å². The van der Waals surface area contributed by atoms with Gasteiger partial charge in [-0.15, -0.1) is 0 Å². The second-order valence-electron chi connectivity index (χ2n) is 4.59. The van der Waals surface area contributed by atoms with Gasteiger partial charge in [-0.25, -0.2) is 4.79 Å². The molecule has 0 radical (unpaired) electrons. The first-order valence-corrected chi connectivity index (χ1v) is 6.54. The Hall–Kier alpha value is -2.58. The number of furan rings is 1. The van der Waals surface area contributed by atoms with Crippen LogP contribution in [0.5, 0.6) is 0 Å². The molecule has 2 aromatic rings. The first kappa shape index (κ1) is 14.8. The summed E-state index contributed by atoms with van der Waals surface area (Å²) in [7, 11) is 1.32. The van der Waals surface area contributed by atoms with Crippen molar-refractivity contribution >= 4 is 5.97 Å². The maximum atomic E-state index is 11.3. The van der Waals surface area contributed by atoms with Gasteiger partial charge >= 0.3 is 5.97 Å². The molecule has 0 saturated carbocycles. The zero-order valence-electron chi connectivity index (χ0n) is 11.9. The van der Waals surface area contributed by atoms with Crippen molar-refractivity contribution < 1.29 is 13.9 Å². The van der Waals surface area contributed by atoms with Gasteiger partial charge < -0.3 is 14.5 Å². The lowest BCUT2D eigenvalue weighted by molar-refractivity contribution is 0.0563. The van der Waals surface area contributed by atoms with Crippen molar-refractivity contribution in [3.63, 3.8) is 0 Å². The molecule has 0 spiro atoms. The number of nitriles is 1. The van der Waals surface area contributed by atoms with Crippen LogP contribution in [-0.2, 0) is 11.3 Å². The van der Waals surface area contributed by atoms with Crippen molar-refractivity contribution in [1.82, 2.24) is 5.32 Å². The largest absolute Gasteiger partial charge is 0.463 e. The van der Waals surface area contributed by atoms with E-state index in [2.05, 4.69) is 16.1 Å². The number of benzene rings is 1. The monoisotopic (exact) mass is 284 g/mol. The maximum Gasteiger partial charge on any atom is 0.373 e. The number of carbonyl (C=O) groups excluding carboxylic acids is 1. The molecule has 1 atom stereocenters. The van der Waals surface area contributed by atoms with E-state index >= 15 is 0 Å². The maximum absolute atomic E-state index is 11.3. The van der Waals surface area contributed by atoms with Gasteiger partial charge in [0, 0.05) is 6.04 Å². The minimum absolute atomic E-state index is 0.101. The number of methoxy groups -OCH3 is 1. The fourth-order valence-electron chi connectivity index (χ4n) is 1.90. The van der Waals surface area contributed by atoms with Crippen LogP contribution in [0.2, 0.25) is 0 Å². The van der Waals surface area contributed by atoms with Gasteiger partial charge in [0.25, 0.3) is 0 Å². The average molecular weight is 284 g/mol. The van der Waals surface area contributed by atoms with Crippen molar-refractivity contribution in [3.05, 3.63) is 59.0 Å². The quantitative estimate of drug-likeness (QED) is 0.854. The van der Waals surface area contributed by atoms with E-state index in [9.17, 15) is 4.79 Å². The van der Waals surface area contributed by atoms with E-state index in [1.165, 1.54) is 7.11 Å². The number of nitrogens with one attached hydrogen (secondary N) is 1. The fraction of sp³-hybridized carbons (Fsp3) is 0.250. The second kappa shape index (κ2) is 6.73. The highest BCUT2D eigenvalue weighted by Crippen LogP contribution is 2.15. The van der Waals surface area contributed by atoms with Gasteiger partial charge in [0.15, 0.2) is 0 Å². The Kier molecular flexibility index (Phi) is 4.75. The molecule has 108 valence electrons. The second-order valence-corrected chi connectivity index (χ2v) is 4.59. The van der Waals surface area contributed by atoms with Crippen LogP contribution in [0, 0.1) is 11.3 Å². The highest BCUT2D eigenvalue weighted by molar-refractivity contribution is 5.86. The van der Waals surface area contributed by atoms with Crippen LogP contribution in [0.25, 0.3) is 0 Å². The number of carbonyl (C=O) groups is 1. The predicted molar refractivity (Wildman–Crippen MR) is 76.5 cm³/mol. The van der Waals surface area contributed by atoms with Crippen molar-refractivity contribution in [1.29, 1.82) is 5.26 Å². The van der Waals surface area contributed by atoms with Crippen molar-refractivity contribution in [2.75, 3.05) is 7.11 Å². The molecule has 0 aliphatic rings. The molecule has 1 N–H and O–H groups in total. The Morgan fingerprint density at radius 1 is 1.33 bits per heavy atom. The summed E-state index contributed by atoms with van der Waals surface area (Å²) in [6.45, 7) is 2.52. The van der Waals surface area contributed by atoms with E-state index in [-0.39, 0.29) is 11.8 Å². The van der Waals surface area contributed by atoms with E-state index in [1.54, 1.807) is 24.3 Å². The summed E-state index contributed by atoms with van der Waals surface area (Å²) in [5.74, 6) is 0.373. The van der Waals surface area contributed by atoms with Crippen LogP contribution < -0.4 is 5.32 Å². The van der Waals surface area contributed by atoms with Crippen LogP contribution in [0.4, 0.5) is 0 Å². The molecule has 0 bridgehead atoms. The zero-order valence-corrected chi connectivity index (χ0v) is 11.9. The molecule has 5 heteroatoms. The summed E-state index contributed by atoms with van der Waals surface area (Å²) in [6, 6.07) is 12.9. The molecular weight excluding hydrogens is 268 g/mol. The summed E-state index contributed by atoms with van der Waals surface area (Å²) in [5.41, 5.74) is 1.72. The van der Waals surface area contributed by atoms with E-state index in [4.69, 9.17) is 9.68 Å². The molecule has 0 amide bonds. The number of ether oxygens (including phenoxy) is 1. The fourth-order valence-corrected chi connectivity index (χ4v) is 1.90. The van der Waals surface area contributed by atoms with Gasteiger partial charge in [-0.1, -0.05) is 12.1 Å². The summed E-state index contributed by atoms with van der Waals surface area (Å²) < 4.78 is 9.97. The Bertz CT molecular complexity index is 653. The Balaban J connectivity index is 1.94. The zero-order chi connectivity index (χ0) is 15.2. The van der Waals surface area contributed by atoms with E-state index in [0.717, 1.165) is 5.56 Å². The lowest BCUT2D eigenvalue weighted by atomic mass is 10.1. The molecule has 1 unspecified atom stereocenters. The molecule has 2 rings (SSSR count). The molecule has 21 heavy (non-hydrogen) atoms. The van der Waals surface area contributed by atoms with Crippen molar-refractivity contribution in [2.45, 2.75) is 19.5 Å². The predicted octanol–water partition coefficient (Wildman–Crippen LogP) is 2.79. The number of hydrogen-bond acceptors (Lipinski definition) is 5. The topological polar surface area (TPSA) is 75.3 Å². The highest BCUT2D eigenvalue weighted by atomic mass is 16.5. The van der Waals surface area contributed by atoms with E-state index < -0.39 is 5.97 Å². The smallest absolute Gasteiger partial charge is 0.373 e. The normalized spacial score (nSPS) is 11.7. The van der Waals surface area contributed by atoms with Gasteiger partial charge in [0.05, 0.1) is 25.3 Å². The number of rotatable bonds is 5. The minimum Gasteiger partial charge on any atom is -0.463 e. The Morgan fingerprint density at radius 3 is 2.67 bits per heavy atom. The van der Waals surface area contributed by atoms with Gasteiger partial charge in [-0.05, 0) is 36.8 Å². The first-order valence-electron chi connectivity index (χ1n) is 6.54. The lowest BCUT2D eigenvalue weighted by Crippen LogP contribution is -2.17. The number of nitrogens with zero attached hydrogens (tertiary/aromatic N) is 1. The van der Waals surface area contributed by atoms with Crippen LogP contribution in [-0.4, -0.2) is 13.1 Å². The Labute approximate surface area is 123 Å². The molecule has 0 aliphatic heterocycles. The Morgan fingerprint density at radius 2 is 2.05 bits per heavy atom. The third-order valence-electron chi connectivity index (χ3n) is 3.17. The average Bonchev–Trinajstić information content (AvgIpc) is 3.01. The van der Waals surface area contributed by atoms with Gasteiger partial charge in [-0.3, -0.25) is 0 Å². The summed E-state index contributed by atoms with van der Waals surface area (Å²) >= 11 is 0. The molecule has 1 aromatic carbocycles. The van der Waals surface area contributed by atoms with E-state index in [0.29, 0.717) is 17.9 Å². The van der Waals surface area contributed by atoms with Crippen molar-refractivity contribution in [2.24, 2.45) is 0 Å². The van der Waals surface area contributed by atoms with Crippen molar-refractivity contribution in [3.8, 4) is 6.07 Å². The molecule has 0 saturated heterocycles. The lowest BCUT2D eigenvalue weighted by Gasteiger charge is -2.13. The summed E-state index contributed by atoms with van der Waals surface area (Å²) in [6.07, 6.45) is 0. The first-order chi connectivity index (χ1) is 10.1. The van der Waals surface area contributed by atoms with Gasteiger partial charge in [0.2, 0.25) is 5.76 Å². The van der Waals surface area contributed by atoms with Crippen LogP contribution in [0.3, 0.4) is 0 Å². The summed E-state index contributed by atoms with van der Waals surface area (Å²) in [5, 5.41) is 12.1. The third kappa shape index (κ3) is 3.71. The molecule has 5 nitrogen and oxygen atoms in total. The molecule has 0 fully saturated rings. The van der Waals surface area contributed by atoms with E-state index in [1.807, 2.05) is 19.1 Å². The van der Waals surface area contributed by atoms with Crippen LogP contribution in [0.15, 0.2) is 40.8 Å². The number of esters is 1. The highest BCUT2D eigenvalue weighted by Gasteiger charge is 2.12. The SMILES string of the molecule is COC(=O)c1ccc(CNC(C)c2ccc(C#N)cc2)o1. The minimum atomic E-state index is -0.485. The number of hydrogen-bond donors (Lipinski definition) is 1. The standard InChI is InChI=1S/C16H16N2O3/c1-11(13-5-3-12(9-17)4-6-13)18-10-14-7-8-15(21-14)16(19)20-2/h3-8,11,18H,10H2,1-2H3. The molecule has 1 aromatic heterocycles. The van der Waals surface area contributed by atoms with Crippen LogP contribution in [0.1, 0.15) is 40.4 Å². The third-order valence-corrected chi connectivity index (χ3v) is 3.17. The molecule has 0 aliphatic carbocycles. The molecular formula is C16H16N2O3.